The van der Waals surface area contributed by atoms with Gasteiger partial charge in [-0.3, -0.25) is 9.48 Å². The van der Waals surface area contributed by atoms with Gasteiger partial charge in [-0.15, -0.1) is 0 Å². The zero-order valence-electron chi connectivity index (χ0n) is 14.7. The van der Waals surface area contributed by atoms with E-state index < -0.39 is 0 Å². The number of amides is 1. The quantitative estimate of drug-likeness (QED) is 0.704. The summed E-state index contributed by atoms with van der Waals surface area (Å²) in [6.07, 6.45) is 5.79. The molecule has 4 heteroatoms. The van der Waals surface area contributed by atoms with Crippen LogP contribution in [0.3, 0.4) is 0 Å². The van der Waals surface area contributed by atoms with Gasteiger partial charge in [0.05, 0.1) is 11.9 Å². The number of anilines is 1. The van der Waals surface area contributed by atoms with Crippen molar-refractivity contribution in [1.29, 1.82) is 0 Å². The van der Waals surface area contributed by atoms with Crippen molar-refractivity contribution < 1.29 is 4.79 Å². The van der Waals surface area contributed by atoms with Crippen molar-refractivity contribution in [3.05, 3.63) is 60.4 Å². The first-order chi connectivity index (χ1) is 12.2. The Balaban J connectivity index is 1.64. The maximum atomic E-state index is 13.2. The fraction of sp³-hybridized carbons (Fsp3) is 0.333. The van der Waals surface area contributed by atoms with E-state index in [2.05, 4.69) is 36.3 Å². The van der Waals surface area contributed by atoms with E-state index in [0.29, 0.717) is 5.92 Å². The van der Waals surface area contributed by atoms with Crippen LogP contribution in [0.25, 0.3) is 10.8 Å². The van der Waals surface area contributed by atoms with E-state index in [-0.39, 0.29) is 11.8 Å². The normalized spacial score (nSPS) is 19.1. The molecule has 0 bridgehead atoms. The van der Waals surface area contributed by atoms with Gasteiger partial charge in [0.25, 0.3) is 0 Å². The average molecular weight is 333 g/mol. The first-order valence-electron chi connectivity index (χ1n) is 8.96. The molecule has 1 amide bonds. The summed E-state index contributed by atoms with van der Waals surface area (Å²) in [6, 6.07) is 14.5. The molecule has 1 aromatic heterocycles. The van der Waals surface area contributed by atoms with Crippen molar-refractivity contribution in [3.63, 3.8) is 0 Å². The van der Waals surface area contributed by atoms with Crippen LogP contribution in [0, 0.1) is 5.92 Å². The first-order valence-corrected chi connectivity index (χ1v) is 8.96. The Kier molecular flexibility index (Phi) is 4.04. The van der Waals surface area contributed by atoms with Crippen LogP contribution in [0.15, 0.2) is 54.9 Å². The van der Waals surface area contributed by atoms with Crippen molar-refractivity contribution in [2.75, 3.05) is 11.4 Å². The Labute approximate surface area is 148 Å². The van der Waals surface area contributed by atoms with Crippen LogP contribution in [0.2, 0.25) is 0 Å². The third-order valence-electron chi connectivity index (χ3n) is 5.03. The van der Waals surface area contributed by atoms with Crippen molar-refractivity contribution in [1.82, 2.24) is 9.78 Å². The van der Waals surface area contributed by atoms with Crippen LogP contribution in [0.1, 0.15) is 31.2 Å². The van der Waals surface area contributed by atoms with Crippen LogP contribution >= 0.6 is 0 Å². The van der Waals surface area contributed by atoms with Crippen LogP contribution in [0.5, 0.6) is 0 Å². The predicted molar refractivity (Wildman–Crippen MR) is 101 cm³/mol. The molecule has 2 aromatic carbocycles. The van der Waals surface area contributed by atoms with E-state index in [4.69, 9.17) is 0 Å². The average Bonchev–Trinajstić information content (AvgIpc) is 3.32. The highest BCUT2D eigenvalue weighted by molar-refractivity contribution is 6.05. The fourth-order valence-electron chi connectivity index (χ4n) is 3.68. The molecular formula is C21H23N3O. The van der Waals surface area contributed by atoms with Gasteiger partial charge in [-0.1, -0.05) is 43.3 Å². The van der Waals surface area contributed by atoms with Gasteiger partial charge in [0, 0.05) is 31.1 Å². The monoisotopic (exact) mass is 333 g/mol. The summed E-state index contributed by atoms with van der Waals surface area (Å²) >= 11 is 0. The molecule has 1 aliphatic rings. The van der Waals surface area contributed by atoms with Crippen molar-refractivity contribution in [3.8, 4) is 0 Å². The highest BCUT2D eigenvalue weighted by atomic mass is 16.2. The minimum Gasteiger partial charge on any atom is -0.312 e. The number of fused-ring (bicyclic) bond motifs is 1. The van der Waals surface area contributed by atoms with Crippen LogP contribution in [0.4, 0.5) is 5.69 Å². The lowest BCUT2D eigenvalue weighted by Crippen LogP contribution is -2.33. The van der Waals surface area contributed by atoms with E-state index in [1.807, 2.05) is 47.2 Å². The van der Waals surface area contributed by atoms with Gasteiger partial charge in [0.1, 0.15) is 0 Å². The minimum atomic E-state index is 0.0784. The smallest absolute Gasteiger partial charge is 0.230 e. The molecule has 2 atom stereocenters. The third-order valence-corrected chi connectivity index (χ3v) is 5.03. The second kappa shape index (κ2) is 6.36. The molecule has 3 aromatic rings. The summed E-state index contributed by atoms with van der Waals surface area (Å²) in [7, 11) is 1.92. The van der Waals surface area contributed by atoms with Gasteiger partial charge in [0.15, 0.2) is 0 Å². The zero-order valence-corrected chi connectivity index (χ0v) is 14.7. The molecule has 0 N–H and O–H groups in total. The molecule has 0 aliphatic heterocycles. The molecule has 1 fully saturated rings. The number of hydrogen-bond donors (Lipinski definition) is 0. The van der Waals surface area contributed by atoms with Crippen LogP contribution < -0.4 is 4.90 Å². The van der Waals surface area contributed by atoms with Gasteiger partial charge in [0.2, 0.25) is 5.91 Å². The number of carbonyl (C=O) groups excluding carboxylic acids is 1. The van der Waals surface area contributed by atoms with Gasteiger partial charge in [-0.05, 0) is 35.8 Å². The number of nitrogens with zero attached hydrogens (tertiary/aromatic N) is 3. The van der Waals surface area contributed by atoms with E-state index >= 15 is 0 Å². The summed E-state index contributed by atoms with van der Waals surface area (Å²) in [5.74, 6) is 0.636. The lowest BCUT2D eigenvalue weighted by Gasteiger charge is -2.24. The summed E-state index contributed by atoms with van der Waals surface area (Å²) in [5, 5.41) is 6.56. The SMILES string of the molecule is CCCN(C(=O)[C@H]1C[C@@H]1c1cnn(C)c1)c1cccc2ccccc12. The Hall–Kier alpha value is -2.62. The molecule has 0 unspecified atom stereocenters. The van der Waals surface area contributed by atoms with Crippen molar-refractivity contribution >= 4 is 22.4 Å². The van der Waals surface area contributed by atoms with Gasteiger partial charge < -0.3 is 4.90 Å². The third kappa shape index (κ3) is 2.93. The van der Waals surface area contributed by atoms with Crippen LogP contribution in [-0.2, 0) is 11.8 Å². The Morgan fingerprint density at radius 1 is 1.24 bits per heavy atom. The Bertz CT molecular complexity index is 909. The number of carbonyl (C=O) groups is 1. The van der Waals surface area contributed by atoms with E-state index in [9.17, 15) is 4.79 Å². The molecule has 1 aliphatic carbocycles. The number of benzene rings is 2. The predicted octanol–water partition coefficient (Wildman–Crippen LogP) is 4.12. The number of rotatable bonds is 5. The number of hydrogen-bond acceptors (Lipinski definition) is 2. The maximum Gasteiger partial charge on any atom is 0.230 e. The summed E-state index contributed by atoms with van der Waals surface area (Å²) in [5.41, 5.74) is 2.21. The summed E-state index contributed by atoms with van der Waals surface area (Å²) in [4.78, 5) is 15.2. The lowest BCUT2D eigenvalue weighted by molar-refractivity contribution is -0.119. The van der Waals surface area contributed by atoms with E-state index in [1.54, 1.807) is 0 Å². The van der Waals surface area contributed by atoms with Crippen LogP contribution in [-0.4, -0.2) is 22.2 Å². The standard InChI is InChI=1S/C21H23N3O/c1-3-11-24(20-10-6-8-15-7-4-5-9-17(15)20)21(25)19-12-18(19)16-13-22-23(2)14-16/h4-10,13-14,18-19H,3,11-12H2,1-2H3/t18-,19+/m1/s1. The van der Waals surface area contributed by atoms with E-state index in [0.717, 1.165) is 30.5 Å². The van der Waals surface area contributed by atoms with Crippen molar-refractivity contribution in [2.24, 2.45) is 13.0 Å². The summed E-state index contributed by atoms with van der Waals surface area (Å²) < 4.78 is 1.81. The molecule has 1 saturated carbocycles. The summed E-state index contributed by atoms with van der Waals surface area (Å²) in [6.45, 7) is 2.88. The Morgan fingerprint density at radius 2 is 2.04 bits per heavy atom. The van der Waals surface area contributed by atoms with Gasteiger partial charge >= 0.3 is 0 Å². The molecule has 4 rings (SSSR count). The minimum absolute atomic E-state index is 0.0784. The lowest BCUT2D eigenvalue weighted by atomic mass is 10.1. The largest absolute Gasteiger partial charge is 0.312 e. The molecule has 0 spiro atoms. The van der Waals surface area contributed by atoms with E-state index in [1.165, 1.54) is 10.9 Å². The molecule has 128 valence electrons. The fourth-order valence-corrected chi connectivity index (χ4v) is 3.68. The first kappa shape index (κ1) is 15.9. The Morgan fingerprint density at radius 3 is 2.80 bits per heavy atom. The van der Waals surface area contributed by atoms with Gasteiger partial charge in [-0.2, -0.15) is 5.10 Å². The highest BCUT2D eigenvalue weighted by Crippen LogP contribution is 2.49. The molecular weight excluding hydrogens is 310 g/mol. The molecule has 0 radical (unpaired) electrons. The highest BCUT2D eigenvalue weighted by Gasteiger charge is 2.46. The molecule has 4 nitrogen and oxygen atoms in total. The number of aromatic nitrogens is 2. The molecule has 25 heavy (non-hydrogen) atoms. The topological polar surface area (TPSA) is 38.1 Å². The second-order valence-corrected chi connectivity index (χ2v) is 6.88. The molecule has 1 heterocycles. The molecule has 0 saturated heterocycles. The van der Waals surface area contributed by atoms with Gasteiger partial charge in [-0.25, -0.2) is 0 Å². The number of aryl methyl sites for hydroxylation is 1. The second-order valence-electron chi connectivity index (χ2n) is 6.88. The van der Waals surface area contributed by atoms with Crippen molar-refractivity contribution in [2.45, 2.75) is 25.7 Å². The zero-order chi connectivity index (χ0) is 17.4. The maximum absolute atomic E-state index is 13.2.